The largest absolute Gasteiger partial charge is 0.0628 e. The van der Waals surface area contributed by atoms with Gasteiger partial charge in [-0.3, -0.25) is 0 Å². The molecule has 14 heavy (non-hydrogen) atoms. The smallest absolute Gasteiger partial charge is 0.0391 e. The van der Waals surface area contributed by atoms with Crippen LogP contribution in [0.15, 0.2) is 0 Å². The molecule has 0 aliphatic heterocycles. The molecule has 85 valence electrons. The van der Waals surface area contributed by atoms with Crippen LogP contribution in [-0.2, 0) is 0 Å². The molecule has 0 saturated heterocycles. The zero-order valence-corrected chi connectivity index (χ0v) is 10.7. The average molecular weight is 197 g/mol. The number of rotatable bonds is 8. The molecule has 0 rings (SSSR count). The van der Waals surface area contributed by atoms with E-state index in [1.165, 1.54) is 38.5 Å². The second kappa shape index (κ2) is 8.32. The highest BCUT2D eigenvalue weighted by Gasteiger charge is 2.05. The minimum Gasteiger partial charge on any atom is -0.0628 e. The van der Waals surface area contributed by atoms with E-state index in [0.29, 0.717) is 5.92 Å². The normalized spacial score (nSPS) is 13.9. The Morgan fingerprint density at radius 1 is 0.786 bits per heavy atom. The molecule has 0 aliphatic carbocycles. The maximum Gasteiger partial charge on any atom is -0.0391 e. The second-order valence-electron chi connectivity index (χ2n) is 5.39. The number of hydrogen-bond donors (Lipinski definition) is 0. The maximum atomic E-state index is 4.18. The average Bonchev–Trinajstić information content (AvgIpc) is 2.09. The molecule has 0 bridgehead atoms. The van der Waals surface area contributed by atoms with Crippen molar-refractivity contribution in [3.8, 4) is 0 Å². The lowest BCUT2D eigenvalue weighted by Crippen LogP contribution is -2.03. The van der Waals surface area contributed by atoms with E-state index < -0.39 is 0 Å². The van der Waals surface area contributed by atoms with Gasteiger partial charge in [-0.15, -0.1) is 0 Å². The Morgan fingerprint density at radius 3 is 1.71 bits per heavy atom. The van der Waals surface area contributed by atoms with Crippen LogP contribution in [0.3, 0.4) is 0 Å². The molecular formula is C14H29. The summed E-state index contributed by atoms with van der Waals surface area (Å²) < 4.78 is 0. The maximum absolute atomic E-state index is 4.18. The van der Waals surface area contributed by atoms with E-state index in [9.17, 15) is 0 Å². The Bertz CT molecular complexity index is 113. The van der Waals surface area contributed by atoms with Gasteiger partial charge < -0.3 is 0 Å². The van der Waals surface area contributed by atoms with E-state index >= 15 is 0 Å². The third kappa shape index (κ3) is 8.59. The molecular weight excluding hydrogens is 168 g/mol. The van der Waals surface area contributed by atoms with Gasteiger partial charge in [0.25, 0.3) is 0 Å². The Hall–Kier alpha value is 0. The molecule has 0 aromatic rings. The van der Waals surface area contributed by atoms with Crippen LogP contribution in [0.4, 0.5) is 0 Å². The fraction of sp³-hybridized carbons (Fsp3) is 0.929. The first-order chi connectivity index (χ1) is 6.54. The van der Waals surface area contributed by atoms with Gasteiger partial charge in [0.05, 0.1) is 0 Å². The van der Waals surface area contributed by atoms with Gasteiger partial charge in [0.15, 0.2) is 0 Å². The summed E-state index contributed by atoms with van der Waals surface area (Å²) in [6.07, 6.45) is 8.34. The molecule has 0 aliphatic rings. The van der Waals surface area contributed by atoms with E-state index in [2.05, 4.69) is 34.6 Å². The summed E-state index contributed by atoms with van der Waals surface area (Å²) >= 11 is 0. The van der Waals surface area contributed by atoms with Crippen LogP contribution >= 0.6 is 0 Å². The molecule has 0 amide bonds. The highest BCUT2D eigenvalue weighted by Crippen LogP contribution is 2.18. The molecule has 0 fully saturated rings. The molecule has 1 atom stereocenters. The van der Waals surface area contributed by atoms with Crippen LogP contribution in [-0.4, -0.2) is 0 Å². The van der Waals surface area contributed by atoms with E-state index in [1.807, 2.05) is 0 Å². The number of unbranched alkanes of at least 4 members (excludes halogenated alkanes) is 3. The first kappa shape index (κ1) is 14.0. The van der Waals surface area contributed by atoms with Gasteiger partial charge in [-0.2, -0.15) is 0 Å². The molecule has 1 radical (unpaired) electrons. The van der Waals surface area contributed by atoms with Crippen molar-refractivity contribution in [1.29, 1.82) is 0 Å². The van der Waals surface area contributed by atoms with Crippen LogP contribution in [0.1, 0.15) is 66.2 Å². The first-order valence-electron chi connectivity index (χ1n) is 6.37. The third-order valence-corrected chi connectivity index (χ3v) is 3.05. The Kier molecular flexibility index (Phi) is 8.32. The molecule has 0 heteroatoms. The summed E-state index contributed by atoms with van der Waals surface area (Å²) in [5, 5.41) is 0. The fourth-order valence-corrected chi connectivity index (χ4v) is 1.65. The minimum absolute atomic E-state index is 0.667. The van der Waals surface area contributed by atoms with Crippen molar-refractivity contribution in [3.63, 3.8) is 0 Å². The zero-order chi connectivity index (χ0) is 11.0. The predicted octanol–water partition coefficient (Wildman–Crippen LogP) is 5.09. The van der Waals surface area contributed by atoms with Crippen LogP contribution < -0.4 is 0 Å². The van der Waals surface area contributed by atoms with Crippen molar-refractivity contribution in [1.82, 2.24) is 0 Å². The molecule has 0 heterocycles. The van der Waals surface area contributed by atoms with Gasteiger partial charge in [-0.1, -0.05) is 66.2 Å². The molecule has 0 saturated carbocycles. The molecule has 1 unspecified atom stereocenters. The van der Waals surface area contributed by atoms with Crippen LogP contribution in [0.2, 0.25) is 0 Å². The summed E-state index contributed by atoms with van der Waals surface area (Å²) in [5.41, 5.74) is 0. The topological polar surface area (TPSA) is 0 Å². The second-order valence-corrected chi connectivity index (χ2v) is 5.39. The van der Waals surface area contributed by atoms with Gasteiger partial charge >= 0.3 is 0 Å². The first-order valence-corrected chi connectivity index (χ1v) is 6.37. The summed E-state index contributed by atoms with van der Waals surface area (Å²) in [6.45, 7) is 13.4. The van der Waals surface area contributed by atoms with E-state index in [0.717, 1.165) is 11.8 Å². The van der Waals surface area contributed by atoms with Crippen molar-refractivity contribution in [2.45, 2.75) is 66.2 Å². The van der Waals surface area contributed by atoms with E-state index in [1.54, 1.807) is 0 Å². The van der Waals surface area contributed by atoms with E-state index in [-0.39, 0.29) is 0 Å². The summed E-state index contributed by atoms with van der Waals surface area (Å²) in [4.78, 5) is 0. The fourth-order valence-electron chi connectivity index (χ4n) is 1.65. The molecule has 0 nitrogen and oxygen atoms in total. The predicted molar refractivity (Wildman–Crippen MR) is 66.2 cm³/mol. The molecule has 0 aromatic heterocycles. The van der Waals surface area contributed by atoms with Crippen molar-refractivity contribution in [3.05, 3.63) is 6.92 Å². The zero-order valence-electron chi connectivity index (χ0n) is 10.7. The molecule has 0 spiro atoms. The highest BCUT2D eigenvalue weighted by molar-refractivity contribution is 4.64. The number of hydrogen-bond acceptors (Lipinski definition) is 0. The Labute approximate surface area is 91.5 Å². The summed E-state index contributed by atoms with van der Waals surface area (Å²) in [5.74, 6) is 2.30. The van der Waals surface area contributed by atoms with Crippen LogP contribution in [0.25, 0.3) is 0 Å². The SMILES string of the molecule is [CH2]C(CCCCCCC(C)C)C(C)C. The van der Waals surface area contributed by atoms with Crippen LogP contribution in [0, 0.1) is 24.7 Å². The van der Waals surface area contributed by atoms with Crippen molar-refractivity contribution in [2.24, 2.45) is 17.8 Å². The Morgan fingerprint density at radius 2 is 1.29 bits per heavy atom. The monoisotopic (exact) mass is 197 g/mol. The minimum atomic E-state index is 0.667. The third-order valence-electron chi connectivity index (χ3n) is 3.05. The standard InChI is InChI=1S/C14H29/c1-12(2)10-8-6-7-9-11-14(5)13(3)4/h12-14H,5-11H2,1-4H3. The lowest BCUT2D eigenvalue weighted by molar-refractivity contribution is 0.408. The van der Waals surface area contributed by atoms with Gasteiger partial charge in [0.1, 0.15) is 0 Å². The van der Waals surface area contributed by atoms with Gasteiger partial charge in [-0.25, -0.2) is 0 Å². The summed E-state index contributed by atoms with van der Waals surface area (Å²) in [6, 6.07) is 0. The molecule has 0 N–H and O–H groups in total. The van der Waals surface area contributed by atoms with Crippen molar-refractivity contribution < 1.29 is 0 Å². The quantitative estimate of drug-likeness (QED) is 0.475. The summed E-state index contributed by atoms with van der Waals surface area (Å²) in [7, 11) is 0. The van der Waals surface area contributed by atoms with Crippen LogP contribution in [0.5, 0.6) is 0 Å². The molecule has 0 aromatic carbocycles. The van der Waals surface area contributed by atoms with Gasteiger partial charge in [0, 0.05) is 0 Å². The van der Waals surface area contributed by atoms with Crippen molar-refractivity contribution >= 4 is 0 Å². The Balaban J connectivity index is 3.13. The van der Waals surface area contributed by atoms with Gasteiger partial charge in [-0.05, 0) is 24.7 Å². The lowest BCUT2D eigenvalue weighted by Gasteiger charge is -2.14. The lowest BCUT2D eigenvalue weighted by atomic mass is 9.92. The van der Waals surface area contributed by atoms with Gasteiger partial charge in [0.2, 0.25) is 0 Å². The van der Waals surface area contributed by atoms with Crippen molar-refractivity contribution in [2.75, 3.05) is 0 Å². The highest BCUT2D eigenvalue weighted by atomic mass is 14.1. The van der Waals surface area contributed by atoms with E-state index in [4.69, 9.17) is 0 Å².